The molecule has 2 amide bonds. The Kier molecular flexibility index (Phi) is 5.98. The quantitative estimate of drug-likeness (QED) is 0.712. The van der Waals surface area contributed by atoms with Crippen LogP contribution < -0.4 is 10.1 Å². The number of benzene rings is 2. The topological polar surface area (TPSA) is 65.1 Å². The van der Waals surface area contributed by atoms with E-state index in [1.54, 1.807) is 0 Å². The second-order valence-corrected chi connectivity index (χ2v) is 9.26. The maximum Gasteiger partial charge on any atom is 0.253 e. The van der Waals surface area contributed by atoms with Gasteiger partial charge in [0, 0.05) is 49.9 Å². The van der Waals surface area contributed by atoms with Crippen LogP contribution in [-0.4, -0.2) is 73.4 Å². The van der Waals surface area contributed by atoms with Crippen molar-refractivity contribution in [3.63, 3.8) is 0 Å². The van der Waals surface area contributed by atoms with Crippen LogP contribution in [0.2, 0.25) is 0 Å². The first kappa shape index (κ1) is 21.8. The third-order valence-corrected chi connectivity index (χ3v) is 7.32. The molecule has 2 aromatic rings. The Morgan fingerprint density at radius 1 is 1.09 bits per heavy atom. The van der Waals surface area contributed by atoms with E-state index in [0.29, 0.717) is 12.2 Å². The third-order valence-electron chi connectivity index (χ3n) is 7.32. The van der Waals surface area contributed by atoms with Gasteiger partial charge >= 0.3 is 0 Å². The minimum Gasteiger partial charge on any atom is -0.494 e. The summed E-state index contributed by atoms with van der Waals surface area (Å²) in [6.45, 7) is 6.63. The fourth-order valence-corrected chi connectivity index (χ4v) is 5.52. The molecule has 0 radical (unpaired) electrons. The number of carbonyl (C=O) groups is 2. The van der Waals surface area contributed by atoms with Crippen molar-refractivity contribution in [1.29, 1.82) is 0 Å². The SMILES string of the molecule is CCOc1ccc(C2Nc3ccc(C(=O)N4CCN(C)CC4)cc3C3C2CCN3C=O)cc1. The van der Waals surface area contributed by atoms with Crippen LogP contribution in [0.25, 0.3) is 0 Å². The van der Waals surface area contributed by atoms with Gasteiger partial charge in [0.15, 0.2) is 0 Å². The fraction of sp³-hybridized carbons (Fsp3) is 0.462. The van der Waals surface area contributed by atoms with Crippen molar-refractivity contribution in [1.82, 2.24) is 14.7 Å². The first-order chi connectivity index (χ1) is 16.1. The number of likely N-dealkylation sites (N-methyl/N-ethyl adjacent to an activating group) is 1. The van der Waals surface area contributed by atoms with Gasteiger partial charge in [-0.05, 0) is 61.9 Å². The van der Waals surface area contributed by atoms with E-state index in [9.17, 15) is 9.59 Å². The second-order valence-electron chi connectivity index (χ2n) is 9.26. The van der Waals surface area contributed by atoms with Crippen LogP contribution in [0, 0.1) is 5.92 Å². The Morgan fingerprint density at radius 2 is 1.85 bits per heavy atom. The normalized spacial score (nSPS) is 24.6. The lowest BCUT2D eigenvalue weighted by atomic mass is 9.79. The molecule has 33 heavy (non-hydrogen) atoms. The zero-order chi connectivity index (χ0) is 22.9. The largest absolute Gasteiger partial charge is 0.494 e. The van der Waals surface area contributed by atoms with E-state index in [1.807, 2.05) is 47.1 Å². The molecule has 2 saturated heterocycles. The van der Waals surface area contributed by atoms with E-state index in [1.165, 1.54) is 5.56 Å². The molecule has 3 aliphatic heterocycles. The zero-order valence-electron chi connectivity index (χ0n) is 19.4. The summed E-state index contributed by atoms with van der Waals surface area (Å²) in [4.78, 5) is 31.2. The summed E-state index contributed by atoms with van der Waals surface area (Å²) in [5, 5.41) is 3.72. The summed E-state index contributed by atoms with van der Waals surface area (Å²) in [7, 11) is 2.08. The predicted molar refractivity (Wildman–Crippen MR) is 127 cm³/mol. The maximum atomic E-state index is 13.2. The van der Waals surface area contributed by atoms with E-state index in [2.05, 4.69) is 29.4 Å². The number of ether oxygens (including phenoxy) is 1. The number of likely N-dealkylation sites (tertiary alicyclic amines) is 1. The van der Waals surface area contributed by atoms with E-state index in [-0.39, 0.29) is 23.9 Å². The van der Waals surface area contributed by atoms with Gasteiger partial charge < -0.3 is 24.8 Å². The fourth-order valence-electron chi connectivity index (χ4n) is 5.52. The number of nitrogens with one attached hydrogen (secondary N) is 1. The number of piperazine rings is 1. The van der Waals surface area contributed by atoms with Crippen LogP contribution in [0.15, 0.2) is 42.5 Å². The van der Waals surface area contributed by atoms with Crippen molar-refractivity contribution in [2.45, 2.75) is 25.4 Å². The molecule has 2 aromatic carbocycles. The number of carbonyl (C=O) groups excluding carboxylic acids is 2. The molecule has 2 fully saturated rings. The zero-order valence-corrected chi connectivity index (χ0v) is 19.4. The lowest BCUT2D eigenvalue weighted by Crippen LogP contribution is -2.47. The highest BCUT2D eigenvalue weighted by molar-refractivity contribution is 5.95. The number of nitrogens with zero attached hydrogens (tertiary/aromatic N) is 3. The Bertz CT molecular complexity index is 1020. The molecule has 0 aliphatic carbocycles. The highest BCUT2D eigenvalue weighted by Crippen LogP contribution is 2.51. The number of amides is 2. The number of fused-ring (bicyclic) bond motifs is 3. The summed E-state index contributed by atoms with van der Waals surface area (Å²) >= 11 is 0. The molecular weight excluding hydrogens is 416 g/mol. The molecule has 0 bridgehead atoms. The van der Waals surface area contributed by atoms with Gasteiger partial charge in [-0.15, -0.1) is 0 Å². The molecule has 5 rings (SSSR count). The molecule has 174 valence electrons. The minimum absolute atomic E-state index is 0.0319. The van der Waals surface area contributed by atoms with Gasteiger partial charge in [0.25, 0.3) is 5.91 Å². The number of anilines is 1. The molecule has 3 atom stereocenters. The Balaban J connectivity index is 1.45. The first-order valence-corrected chi connectivity index (χ1v) is 11.9. The van der Waals surface area contributed by atoms with Crippen LogP contribution in [0.1, 0.15) is 46.9 Å². The standard InChI is InChI=1S/C26H32N4O3/c1-3-33-20-7-4-18(5-8-20)24-21-10-11-30(17-31)25(21)22-16-19(6-9-23(22)27-24)26(32)29-14-12-28(2)13-15-29/h4-9,16-17,21,24-25,27H,3,10-15H2,1-2H3. The molecule has 7 heteroatoms. The second kappa shape index (κ2) is 9.06. The van der Waals surface area contributed by atoms with Crippen LogP contribution in [0.4, 0.5) is 5.69 Å². The van der Waals surface area contributed by atoms with Gasteiger partial charge in [-0.3, -0.25) is 9.59 Å². The molecular formula is C26H32N4O3. The highest BCUT2D eigenvalue weighted by atomic mass is 16.5. The predicted octanol–water partition coefficient (Wildman–Crippen LogP) is 3.16. The molecule has 0 saturated carbocycles. The van der Waals surface area contributed by atoms with Gasteiger partial charge in [0.2, 0.25) is 6.41 Å². The molecule has 3 aliphatic rings. The van der Waals surface area contributed by atoms with Crippen molar-refractivity contribution < 1.29 is 14.3 Å². The van der Waals surface area contributed by atoms with Gasteiger partial charge in [-0.25, -0.2) is 0 Å². The monoisotopic (exact) mass is 448 g/mol. The van der Waals surface area contributed by atoms with Crippen molar-refractivity contribution >= 4 is 18.0 Å². The van der Waals surface area contributed by atoms with E-state index < -0.39 is 0 Å². The smallest absolute Gasteiger partial charge is 0.253 e. The Morgan fingerprint density at radius 3 is 2.55 bits per heavy atom. The van der Waals surface area contributed by atoms with Gasteiger partial charge in [-0.2, -0.15) is 0 Å². The lowest BCUT2D eigenvalue weighted by molar-refractivity contribution is -0.119. The van der Waals surface area contributed by atoms with Crippen LogP contribution in [0.5, 0.6) is 5.75 Å². The molecule has 1 N–H and O–H groups in total. The third kappa shape index (κ3) is 4.06. The Labute approximate surface area is 195 Å². The molecule has 7 nitrogen and oxygen atoms in total. The van der Waals surface area contributed by atoms with Gasteiger partial charge in [-0.1, -0.05) is 12.1 Å². The number of rotatable bonds is 5. The van der Waals surface area contributed by atoms with E-state index in [0.717, 1.165) is 62.6 Å². The van der Waals surface area contributed by atoms with Crippen molar-refractivity contribution in [2.24, 2.45) is 5.92 Å². The molecule has 3 unspecified atom stereocenters. The Hall–Kier alpha value is -3.06. The molecule has 0 spiro atoms. The lowest BCUT2D eigenvalue weighted by Gasteiger charge is -2.39. The van der Waals surface area contributed by atoms with Crippen molar-refractivity contribution in [2.75, 3.05) is 51.7 Å². The van der Waals surface area contributed by atoms with Gasteiger partial charge in [0.1, 0.15) is 5.75 Å². The summed E-state index contributed by atoms with van der Waals surface area (Å²) in [6.07, 6.45) is 1.88. The summed E-state index contributed by atoms with van der Waals surface area (Å²) in [5.41, 5.74) is 3.94. The summed E-state index contributed by atoms with van der Waals surface area (Å²) in [5.74, 6) is 1.18. The molecule has 3 heterocycles. The van der Waals surface area contributed by atoms with Crippen molar-refractivity contribution in [3.8, 4) is 5.75 Å². The van der Waals surface area contributed by atoms with Gasteiger partial charge in [0.05, 0.1) is 18.7 Å². The average Bonchev–Trinajstić information content (AvgIpc) is 3.29. The summed E-state index contributed by atoms with van der Waals surface area (Å²) < 4.78 is 5.60. The van der Waals surface area contributed by atoms with Crippen LogP contribution in [0.3, 0.4) is 0 Å². The number of hydrogen-bond acceptors (Lipinski definition) is 5. The maximum absolute atomic E-state index is 13.2. The van der Waals surface area contributed by atoms with E-state index >= 15 is 0 Å². The number of hydrogen-bond donors (Lipinski definition) is 1. The first-order valence-electron chi connectivity index (χ1n) is 11.9. The van der Waals surface area contributed by atoms with Crippen molar-refractivity contribution in [3.05, 3.63) is 59.2 Å². The summed E-state index contributed by atoms with van der Waals surface area (Å²) in [6, 6.07) is 14.2. The minimum atomic E-state index is -0.0319. The highest BCUT2D eigenvalue weighted by Gasteiger charge is 2.44. The van der Waals surface area contributed by atoms with E-state index in [4.69, 9.17) is 4.74 Å². The molecule has 0 aromatic heterocycles. The van der Waals surface area contributed by atoms with Crippen LogP contribution >= 0.6 is 0 Å². The average molecular weight is 449 g/mol. The van der Waals surface area contributed by atoms with Crippen LogP contribution in [-0.2, 0) is 4.79 Å².